The minimum absolute atomic E-state index is 0.170. The normalized spacial score (nSPS) is 18.6. The molecule has 2 amide bonds. The molecule has 0 atom stereocenters. The van der Waals surface area contributed by atoms with E-state index in [2.05, 4.69) is 28.5 Å². The van der Waals surface area contributed by atoms with Gasteiger partial charge in [-0.05, 0) is 36.3 Å². The lowest BCUT2D eigenvalue weighted by molar-refractivity contribution is -0.124. The van der Waals surface area contributed by atoms with E-state index in [1.165, 1.54) is 36.2 Å². The summed E-state index contributed by atoms with van der Waals surface area (Å²) in [4.78, 5) is 25.3. The molecular formula is C18H20N2O2. The van der Waals surface area contributed by atoms with Crippen LogP contribution in [0.2, 0.25) is 0 Å². The lowest BCUT2D eigenvalue weighted by Crippen LogP contribution is -2.24. The molecule has 0 spiro atoms. The van der Waals surface area contributed by atoms with E-state index in [0.717, 1.165) is 12.8 Å². The zero-order valence-corrected chi connectivity index (χ0v) is 12.5. The van der Waals surface area contributed by atoms with Crippen molar-refractivity contribution in [1.82, 2.24) is 10.3 Å². The second-order valence-electron chi connectivity index (χ2n) is 5.82. The standard InChI is InChI=1S/C10H13NO2.C8H7N/c12-9-6-8(10(13)11-9)7-4-2-1-3-5-7;1-2-4-8-7(3-1)5-6-9-8/h6-7H,1-5H2,(H,11,12,13);1-6,9H. The highest BCUT2D eigenvalue weighted by molar-refractivity contribution is 6.16. The van der Waals surface area contributed by atoms with Gasteiger partial charge in [0.05, 0.1) is 0 Å². The summed E-state index contributed by atoms with van der Waals surface area (Å²) in [6.07, 6.45) is 9.17. The second-order valence-corrected chi connectivity index (χ2v) is 5.82. The molecule has 1 aromatic heterocycles. The van der Waals surface area contributed by atoms with Crippen LogP contribution in [0.4, 0.5) is 0 Å². The number of para-hydroxylation sites is 1. The van der Waals surface area contributed by atoms with E-state index in [-0.39, 0.29) is 11.8 Å². The first-order valence-corrected chi connectivity index (χ1v) is 7.83. The van der Waals surface area contributed by atoms with Gasteiger partial charge in [-0.3, -0.25) is 14.9 Å². The van der Waals surface area contributed by atoms with Gasteiger partial charge in [-0.15, -0.1) is 0 Å². The summed E-state index contributed by atoms with van der Waals surface area (Å²) >= 11 is 0. The summed E-state index contributed by atoms with van der Waals surface area (Å²) in [6, 6.07) is 10.3. The molecule has 0 saturated heterocycles. The molecule has 2 heterocycles. The Hall–Kier alpha value is -2.36. The molecule has 1 saturated carbocycles. The molecule has 1 aliphatic heterocycles. The van der Waals surface area contributed by atoms with Crippen molar-refractivity contribution in [3.8, 4) is 0 Å². The van der Waals surface area contributed by atoms with Crippen LogP contribution in [-0.2, 0) is 9.59 Å². The number of benzene rings is 1. The summed E-state index contributed by atoms with van der Waals surface area (Å²) in [6.45, 7) is 0. The molecule has 22 heavy (non-hydrogen) atoms. The number of aromatic nitrogens is 1. The van der Waals surface area contributed by atoms with Crippen LogP contribution < -0.4 is 5.32 Å². The van der Waals surface area contributed by atoms with E-state index < -0.39 is 0 Å². The number of nitrogens with one attached hydrogen (secondary N) is 2. The molecule has 0 unspecified atom stereocenters. The number of rotatable bonds is 1. The molecule has 2 N–H and O–H groups in total. The predicted octanol–water partition coefficient (Wildman–Crippen LogP) is 3.32. The van der Waals surface area contributed by atoms with Gasteiger partial charge >= 0.3 is 0 Å². The number of carbonyl (C=O) groups is 2. The van der Waals surface area contributed by atoms with Gasteiger partial charge < -0.3 is 4.98 Å². The number of imide groups is 1. The Morgan fingerprint density at radius 1 is 0.955 bits per heavy atom. The van der Waals surface area contributed by atoms with Crippen LogP contribution in [-0.4, -0.2) is 16.8 Å². The fourth-order valence-corrected chi connectivity index (χ4v) is 3.14. The zero-order valence-electron chi connectivity index (χ0n) is 12.5. The third-order valence-corrected chi connectivity index (χ3v) is 4.29. The first-order chi connectivity index (χ1) is 10.7. The molecule has 1 aliphatic carbocycles. The molecule has 4 nitrogen and oxygen atoms in total. The van der Waals surface area contributed by atoms with Crippen molar-refractivity contribution in [2.45, 2.75) is 32.1 Å². The summed E-state index contributed by atoms with van der Waals surface area (Å²) < 4.78 is 0. The number of aromatic amines is 1. The molecule has 1 fully saturated rings. The van der Waals surface area contributed by atoms with Gasteiger partial charge in [-0.1, -0.05) is 37.5 Å². The molecule has 1 aromatic carbocycles. The van der Waals surface area contributed by atoms with Crippen molar-refractivity contribution >= 4 is 22.7 Å². The van der Waals surface area contributed by atoms with Crippen molar-refractivity contribution in [2.75, 3.05) is 0 Å². The van der Waals surface area contributed by atoms with Gasteiger partial charge in [-0.25, -0.2) is 0 Å². The third kappa shape index (κ3) is 3.27. The van der Waals surface area contributed by atoms with Crippen LogP contribution in [0, 0.1) is 5.92 Å². The van der Waals surface area contributed by atoms with Crippen LogP contribution in [0.25, 0.3) is 10.9 Å². The van der Waals surface area contributed by atoms with Crippen molar-refractivity contribution in [2.24, 2.45) is 5.92 Å². The quantitative estimate of drug-likeness (QED) is 0.793. The van der Waals surface area contributed by atoms with Gasteiger partial charge in [0.2, 0.25) is 0 Å². The van der Waals surface area contributed by atoms with Crippen molar-refractivity contribution in [3.63, 3.8) is 0 Å². The van der Waals surface area contributed by atoms with Gasteiger partial charge in [0.15, 0.2) is 0 Å². The first-order valence-electron chi connectivity index (χ1n) is 7.83. The highest BCUT2D eigenvalue weighted by Crippen LogP contribution is 2.30. The summed E-state index contributed by atoms with van der Waals surface area (Å²) in [5, 5.41) is 3.57. The van der Waals surface area contributed by atoms with Crippen LogP contribution in [0.1, 0.15) is 32.1 Å². The van der Waals surface area contributed by atoms with Crippen LogP contribution in [0.15, 0.2) is 48.2 Å². The summed E-state index contributed by atoms with van der Waals surface area (Å²) in [5.41, 5.74) is 1.92. The number of H-pyrrole nitrogens is 1. The summed E-state index contributed by atoms with van der Waals surface area (Å²) in [7, 11) is 0. The Bertz CT molecular complexity index is 678. The lowest BCUT2D eigenvalue weighted by Gasteiger charge is -2.21. The maximum Gasteiger partial charge on any atom is 0.254 e. The second kappa shape index (κ2) is 6.60. The highest BCUT2D eigenvalue weighted by atomic mass is 16.2. The first kappa shape index (κ1) is 14.6. The monoisotopic (exact) mass is 296 g/mol. The minimum atomic E-state index is -0.245. The van der Waals surface area contributed by atoms with Crippen LogP contribution >= 0.6 is 0 Å². The van der Waals surface area contributed by atoms with Crippen molar-refractivity contribution < 1.29 is 9.59 Å². The number of hydrogen-bond acceptors (Lipinski definition) is 2. The van der Waals surface area contributed by atoms with E-state index in [9.17, 15) is 9.59 Å². The number of carbonyl (C=O) groups excluding carboxylic acids is 2. The maximum atomic E-state index is 11.3. The molecule has 2 aromatic rings. The highest BCUT2D eigenvalue weighted by Gasteiger charge is 2.28. The smallest absolute Gasteiger partial charge is 0.254 e. The number of amides is 2. The fourth-order valence-electron chi connectivity index (χ4n) is 3.14. The lowest BCUT2D eigenvalue weighted by atomic mass is 9.84. The molecule has 2 aliphatic rings. The topological polar surface area (TPSA) is 62.0 Å². The number of fused-ring (bicyclic) bond motifs is 1. The van der Waals surface area contributed by atoms with Crippen molar-refractivity contribution in [3.05, 3.63) is 48.2 Å². The minimum Gasteiger partial charge on any atom is -0.361 e. The van der Waals surface area contributed by atoms with E-state index in [0.29, 0.717) is 11.5 Å². The molecule has 4 heteroatoms. The largest absolute Gasteiger partial charge is 0.361 e. The number of hydrogen-bond donors (Lipinski definition) is 2. The molecular weight excluding hydrogens is 276 g/mol. The average molecular weight is 296 g/mol. The SMILES string of the molecule is O=C1C=C(C2CCCCC2)C(=O)N1.c1ccc2[nH]ccc2c1. The molecule has 0 radical (unpaired) electrons. The van der Waals surface area contributed by atoms with Crippen LogP contribution in [0.5, 0.6) is 0 Å². The average Bonchev–Trinajstić information content (AvgIpc) is 3.15. The van der Waals surface area contributed by atoms with E-state index in [1.54, 1.807) is 0 Å². The van der Waals surface area contributed by atoms with Gasteiger partial charge in [-0.2, -0.15) is 0 Å². The van der Waals surface area contributed by atoms with Gasteiger partial charge in [0, 0.05) is 23.4 Å². The Labute approximate surface area is 129 Å². The molecule has 4 rings (SSSR count). The van der Waals surface area contributed by atoms with Gasteiger partial charge in [0.1, 0.15) is 0 Å². The van der Waals surface area contributed by atoms with E-state index >= 15 is 0 Å². The van der Waals surface area contributed by atoms with Crippen molar-refractivity contribution in [1.29, 1.82) is 0 Å². The Morgan fingerprint density at radius 2 is 1.73 bits per heavy atom. The van der Waals surface area contributed by atoms with E-state index in [1.807, 2.05) is 18.3 Å². The third-order valence-electron chi connectivity index (χ3n) is 4.29. The maximum absolute atomic E-state index is 11.3. The Morgan fingerprint density at radius 3 is 2.41 bits per heavy atom. The predicted molar refractivity (Wildman–Crippen MR) is 86.1 cm³/mol. The molecule has 114 valence electrons. The zero-order chi connectivity index (χ0) is 15.4. The fraction of sp³-hybridized carbons (Fsp3) is 0.333. The Balaban J connectivity index is 0.000000139. The molecule has 0 bridgehead atoms. The van der Waals surface area contributed by atoms with E-state index in [4.69, 9.17) is 0 Å². The van der Waals surface area contributed by atoms with Gasteiger partial charge in [0.25, 0.3) is 11.8 Å². The Kier molecular flexibility index (Phi) is 4.37. The van der Waals surface area contributed by atoms with Crippen LogP contribution in [0.3, 0.4) is 0 Å². The summed E-state index contributed by atoms with van der Waals surface area (Å²) in [5.74, 6) is -0.0809.